The van der Waals surface area contributed by atoms with Crippen LogP contribution in [0.15, 0.2) is 37.9 Å². The highest BCUT2D eigenvalue weighted by molar-refractivity contribution is 9.10. The minimum absolute atomic E-state index is 0.287. The second kappa shape index (κ2) is 3.00. The molecule has 0 amide bonds. The Labute approximate surface area is 83.3 Å². The van der Waals surface area contributed by atoms with Gasteiger partial charge in [0.25, 0.3) is 0 Å². The second-order valence-electron chi connectivity index (χ2n) is 2.82. The first-order valence-corrected chi connectivity index (χ1v) is 4.67. The molecule has 0 bridgehead atoms. The van der Waals surface area contributed by atoms with Gasteiger partial charge in [-0.05, 0) is 28.9 Å². The maximum absolute atomic E-state index is 11.3. The maximum Gasteiger partial charge on any atom is 0.340 e. The van der Waals surface area contributed by atoms with Crippen molar-refractivity contribution in [1.29, 1.82) is 0 Å². The molecule has 0 saturated heterocycles. The van der Waals surface area contributed by atoms with E-state index in [9.17, 15) is 4.79 Å². The van der Waals surface area contributed by atoms with E-state index in [2.05, 4.69) is 15.9 Å². The highest BCUT2D eigenvalue weighted by atomic mass is 79.9. The molecule has 1 heterocycles. The smallest absolute Gasteiger partial charge is 0.340 e. The van der Waals surface area contributed by atoms with Crippen LogP contribution in [0, 0.1) is 6.92 Å². The van der Waals surface area contributed by atoms with E-state index in [4.69, 9.17) is 4.42 Å². The zero-order valence-corrected chi connectivity index (χ0v) is 8.59. The van der Waals surface area contributed by atoms with Crippen molar-refractivity contribution in [3.05, 3.63) is 44.7 Å². The van der Waals surface area contributed by atoms with E-state index in [1.54, 1.807) is 13.0 Å². The molecule has 0 atom stereocenters. The fourth-order valence-electron chi connectivity index (χ4n) is 1.20. The van der Waals surface area contributed by atoms with Gasteiger partial charge in [-0.3, -0.25) is 0 Å². The Morgan fingerprint density at radius 1 is 1.31 bits per heavy atom. The third kappa shape index (κ3) is 1.29. The van der Waals surface area contributed by atoms with Gasteiger partial charge >= 0.3 is 5.63 Å². The number of benzene rings is 1. The van der Waals surface area contributed by atoms with Crippen molar-refractivity contribution < 1.29 is 4.42 Å². The SMILES string of the molecule is Cc1c(Br)c2ccccc2oc1=O. The summed E-state index contributed by atoms with van der Waals surface area (Å²) in [6.07, 6.45) is 0. The van der Waals surface area contributed by atoms with E-state index < -0.39 is 0 Å². The Kier molecular flexibility index (Phi) is 1.96. The minimum Gasteiger partial charge on any atom is -0.422 e. The minimum atomic E-state index is -0.287. The van der Waals surface area contributed by atoms with Gasteiger partial charge in [0.1, 0.15) is 5.58 Å². The van der Waals surface area contributed by atoms with Crippen molar-refractivity contribution >= 4 is 26.9 Å². The summed E-state index contributed by atoms with van der Waals surface area (Å²) >= 11 is 3.37. The molecule has 0 spiro atoms. The number of rotatable bonds is 0. The standard InChI is InChI=1S/C10H7BrO2/c1-6-9(11)7-4-2-3-5-8(7)13-10(6)12/h2-5H,1H3. The summed E-state index contributed by atoms with van der Waals surface area (Å²) in [5.74, 6) is 0. The number of hydrogen-bond donors (Lipinski definition) is 0. The molecule has 0 aliphatic heterocycles. The van der Waals surface area contributed by atoms with E-state index in [-0.39, 0.29) is 5.63 Å². The van der Waals surface area contributed by atoms with Gasteiger partial charge in [0.2, 0.25) is 0 Å². The van der Waals surface area contributed by atoms with Gasteiger partial charge in [0.05, 0.1) is 0 Å². The van der Waals surface area contributed by atoms with Gasteiger partial charge in [0.15, 0.2) is 0 Å². The molecule has 2 aromatic rings. The average molecular weight is 239 g/mol. The van der Waals surface area contributed by atoms with Gasteiger partial charge in [-0.25, -0.2) is 4.79 Å². The fourth-order valence-corrected chi connectivity index (χ4v) is 1.69. The van der Waals surface area contributed by atoms with E-state index >= 15 is 0 Å². The Hall–Kier alpha value is -1.09. The first-order valence-electron chi connectivity index (χ1n) is 3.88. The average Bonchev–Trinajstić information content (AvgIpc) is 2.15. The first-order chi connectivity index (χ1) is 6.20. The van der Waals surface area contributed by atoms with E-state index in [0.717, 1.165) is 9.86 Å². The molecule has 0 aliphatic carbocycles. The number of halogens is 1. The predicted octanol–water partition coefficient (Wildman–Crippen LogP) is 2.86. The van der Waals surface area contributed by atoms with Crippen molar-refractivity contribution in [2.45, 2.75) is 6.92 Å². The lowest BCUT2D eigenvalue weighted by molar-refractivity contribution is 0.554. The Morgan fingerprint density at radius 2 is 2.00 bits per heavy atom. The summed E-state index contributed by atoms with van der Waals surface area (Å²) in [6.45, 7) is 1.74. The van der Waals surface area contributed by atoms with Crippen molar-refractivity contribution in [2.24, 2.45) is 0 Å². The molecule has 0 saturated carbocycles. The van der Waals surface area contributed by atoms with Gasteiger partial charge in [-0.2, -0.15) is 0 Å². The summed E-state index contributed by atoms with van der Waals surface area (Å²) in [6, 6.07) is 7.44. The van der Waals surface area contributed by atoms with E-state index in [0.29, 0.717) is 11.1 Å². The van der Waals surface area contributed by atoms with Gasteiger partial charge in [0, 0.05) is 15.4 Å². The van der Waals surface area contributed by atoms with Gasteiger partial charge < -0.3 is 4.42 Å². The summed E-state index contributed by atoms with van der Waals surface area (Å²) in [5.41, 5.74) is 0.939. The third-order valence-corrected chi connectivity index (χ3v) is 2.98. The van der Waals surface area contributed by atoms with Crippen molar-refractivity contribution in [3.63, 3.8) is 0 Å². The summed E-state index contributed by atoms with van der Waals surface area (Å²) in [4.78, 5) is 11.3. The van der Waals surface area contributed by atoms with Crippen LogP contribution in [0.5, 0.6) is 0 Å². The topological polar surface area (TPSA) is 30.2 Å². The molecule has 1 aromatic heterocycles. The van der Waals surface area contributed by atoms with Crippen LogP contribution in [0.25, 0.3) is 11.0 Å². The van der Waals surface area contributed by atoms with Gasteiger partial charge in [-0.1, -0.05) is 18.2 Å². The molecule has 2 nitrogen and oxygen atoms in total. The van der Waals surface area contributed by atoms with Crippen LogP contribution in [-0.2, 0) is 0 Å². The highest BCUT2D eigenvalue weighted by Gasteiger charge is 2.06. The molecular formula is C10H7BrO2. The molecule has 66 valence electrons. The highest BCUT2D eigenvalue weighted by Crippen LogP contribution is 2.24. The monoisotopic (exact) mass is 238 g/mol. The lowest BCUT2D eigenvalue weighted by Gasteiger charge is -2.00. The van der Waals surface area contributed by atoms with Gasteiger partial charge in [-0.15, -0.1) is 0 Å². The van der Waals surface area contributed by atoms with E-state index in [1.807, 2.05) is 18.2 Å². The molecule has 0 radical (unpaired) electrons. The summed E-state index contributed by atoms with van der Waals surface area (Å²) < 4.78 is 5.91. The molecule has 0 fully saturated rings. The number of hydrogen-bond acceptors (Lipinski definition) is 2. The van der Waals surface area contributed by atoms with Crippen LogP contribution >= 0.6 is 15.9 Å². The zero-order chi connectivity index (χ0) is 9.42. The molecule has 13 heavy (non-hydrogen) atoms. The number of para-hydroxylation sites is 1. The molecule has 1 aromatic carbocycles. The Morgan fingerprint density at radius 3 is 2.77 bits per heavy atom. The van der Waals surface area contributed by atoms with Crippen LogP contribution in [0.4, 0.5) is 0 Å². The predicted molar refractivity (Wildman–Crippen MR) is 54.9 cm³/mol. The van der Waals surface area contributed by atoms with E-state index in [1.165, 1.54) is 0 Å². The molecule has 3 heteroatoms. The van der Waals surface area contributed by atoms with Crippen LogP contribution in [0.3, 0.4) is 0 Å². The van der Waals surface area contributed by atoms with Crippen LogP contribution in [0.2, 0.25) is 0 Å². The lowest BCUT2D eigenvalue weighted by atomic mass is 10.2. The molecule has 0 N–H and O–H groups in total. The third-order valence-electron chi connectivity index (χ3n) is 1.96. The Bertz CT molecular complexity index is 514. The Balaban J connectivity index is 3.02. The maximum atomic E-state index is 11.3. The largest absolute Gasteiger partial charge is 0.422 e. The lowest BCUT2D eigenvalue weighted by Crippen LogP contribution is -2.03. The quantitative estimate of drug-likeness (QED) is 0.661. The van der Waals surface area contributed by atoms with Crippen LogP contribution in [0.1, 0.15) is 5.56 Å². The zero-order valence-electron chi connectivity index (χ0n) is 7.00. The van der Waals surface area contributed by atoms with Crippen molar-refractivity contribution in [1.82, 2.24) is 0 Å². The molecule has 0 unspecified atom stereocenters. The van der Waals surface area contributed by atoms with Crippen LogP contribution < -0.4 is 5.63 Å². The molecular weight excluding hydrogens is 232 g/mol. The first kappa shape index (κ1) is 8.51. The van der Waals surface area contributed by atoms with Crippen molar-refractivity contribution in [3.8, 4) is 0 Å². The van der Waals surface area contributed by atoms with Crippen LogP contribution in [-0.4, -0.2) is 0 Å². The number of fused-ring (bicyclic) bond motifs is 1. The molecule has 0 aliphatic rings. The normalized spacial score (nSPS) is 10.6. The van der Waals surface area contributed by atoms with Crippen molar-refractivity contribution in [2.75, 3.05) is 0 Å². The molecule has 2 rings (SSSR count). The summed E-state index contributed by atoms with van der Waals surface area (Å²) in [5, 5.41) is 0.930. The summed E-state index contributed by atoms with van der Waals surface area (Å²) in [7, 11) is 0. The fraction of sp³-hybridized carbons (Fsp3) is 0.100. The second-order valence-corrected chi connectivity index (χ2v) is 3.62.